The van der Waals surface area contributed by atoms with Crippen molar-refractivity contribution in [2.24, 2.45) is 5.92 Å². The lowest BCUT2D eigenvalue weighted by molar-refractivity contribution is -0.959. The van der Waals surface area contributed by atoms with E-state index in [9.17, 15) is 4.79 Å². The first-order chi connectivity index (χ1) is 16.7. The minimum Gasteiger partial charge on any atom is -0.455 e. The number of piperidine rings is 3. The molecule has 1 aliphatic carbocycles. The lowest BCUT2D eigenvalue weighted by atomic mass is 9.74. The molecule has 3 saturated heterocycles. The third-order valence-electron chi connectivity index (χ3n) is 8.65. The summed E-state index contributed by atoms with van der Waals surface area (Å²) >= 11 is 0. The number of aromatic nitrogens is 2. The first-order valence-electron chi connectivity index (χ1n) is 13.0. The van der Waals surface area contributed by atoms with Crippen molar-refractivity contribution in [3.8, 4) is 0 Å². The number of quaternary nitrogens is 1. The van der Waals surface area contributed by atoms with Gasteiger partial charge in [0.1, 0.15) is 6.54 Å². The molecule has 1 aromatic carbocycles. The summed E-state index contributed by atoms with van der Waals surface area (Å²) in [7, 11) is 0. The van der Waals surface area contributed by atoms with Gasteiger partial charge in [-0.2, -0.15) is 4.98 Å². The van der Waals surface area contributed by atoms with Crippen molar-refractivity contribution in [2.75, 3.05) is 19.6 Å². The SMILES string of the molecule is O=C(O[C@H]1C[N+]2(Cc3nc4ncccc4o3)CCC1CC2)C1(c2ccccc2)CCCCCC1. The van der Waals surface area contributed by atoms with E-state index < -0.39 is 5.41 Å². The second-order valence-corrected chi connectivity index (χ2v) is 10.7. The Bertz CT molecular complexity index is 1110. The van der Waals surface area contributed by atoms with Crippen LogP contribution in [0.15, 0.2) is 53.1 Å². The molecule has 1 atom stereocenters. The maximum atomic E-state index is 13.9. The number of rotatable bonds is 5. The molecular formula is C28H34N3O3+. The van der Waals surface area contributed by atoms with Crippen LogP contribution in [0.2, 0.25) is 0 Å². The Balaban J connectivity index is 1.23. The van der Waals surface area contributed by atoms with E-state index in [0.29, 0.717) is 11.6 Å². The number of carbonyl (C=O) groups excluding carboxylic acids is 1. The number of ether oxygens (including phenoxy) is 1. The van der Waals surface area contributed by atoms with Crippen molar-refractivity contribution in [3.63, 3.8) is 0 Å². The Kier molecular flexibility index (Phi) is 5.64. The Morgan fingerprint density at radius 2 is 1.79 bits per heavy atom. The first-order valence-corrected chi connectivity index (χ1v) is 13.0. The van der Waals surface area contributed by atoms with Crippen LogP contribution in [-0.4, -0.2) is 46.2 Å². The summed E-state index contributed by atoms with van der Waals surface area (Å²) in [5.41, 5.74) is 2.04. The molecule has 4 fully saturated rings. The number of benzene rings is 1. The molecule has 2 bridgehead atoms. The lowest BCUT2D eigenvalue weighted by Gasteiger charge is -2.51. The van der Waals surface area contributed by atoms with E-state index in [1.807, 2.05) is 18.2 Å². The maximum Gasteiger partial charge on any atom is 0.317 e. The number of nitrogens with zero attached hydrogens (tertiary/aromatic N) is 3. The van der Waals surface area contributed by atoms with Gasteiger partial charge in [0.25, 0.3) is 5.89 Å². The van der Waals surface area contributed by atoms with Crippen LogP contribution in [0.1, 0.15) is 62.8 Å². The van der Waals surface area contributed by atoms with Gasteiger partial charge in [0.05, 0.1) is 18.5 Å². The molecular weight excluding hydrogens is 426 g/mol. The zero-order valence-corrected chi connectivity index (χ0v) is 19.8. The monoisotopic (exact) mass is 460 g/mol. The van der Waals surface area contributed by atoms with Gasteiger partial charge in [0.15, 0.2) is 23.9 Å². The highest BCUT2D eigenvalue weighted by Gasteiger charge is 2.50. The maximum absolute atomic E-state index is 13.9. The fourth-order valence-corrected chi connectivity index (χ4v) is 6.70. The van der Waals surface area contributed by atoms with Crippen molar-refractivity contribution in [1.82, 2.24) is 9.97 Å². The zero-order valence-electron chi connectivity index (χ0n) is 19.8. The number of pyridine rings is 1. The largest absolute Gasteiger partial charge is 0.455 e. The van der Waals surface area contributed by atoms with Gasteiger partial charge in [-0.3, -0.25) is 4.79 Å². The summed E-state index contributed by atoms with van der Waals surface area (Å²) in [5, 5.41) is 0. The Hall–Kier alpha value is -2.73. The average Bonchev–Trinajstić information content (AvgIpc) is 3.10. The van der Waals surface area contributed by atoms with Crippen molar-refractivity contribution in [3.05, 3.63) is 60.1 Å². The van der Waals surface area contributed by atoms with Crippen molar-refractivity contribution >= 4 is 17.2 Å². The summed E-state index contributed by atoms with van der Waals surface area (Å²) in [6.07, 6.45) is 10.3. The average molecular weight is 461 g/mol. The predicted octanol–water partition coefficient (Wildman–Crippen LogP) is 5.17. The molecule has 6 nitrogen and oxygen atoms in total. The van der Waals surface area contributed by atoms with Crippen LogP contribution in [0.5, 0.6) is 0 Å². The second-order valence-electron chi connectivity index (χ2n) is 10.7. The number of hydrogen-bond acceptors (Lipinski definition) is 5. The topological polar surface area (TPSA) is 65.2 Å². The third kappa shape index (κ3) is 3.92. The standard InChI is InChI=1S/C28H34N3O3/c32-27(28(14-6-1-2-7-15-28)22-9-4-3-5-10-22)34-24-19-31(17-12-21(24)13-18-31)20-25-30-26-23(33-25)11-8-16-29-26/h3-5,8-11,16,21,24H,1-2,6-7,12-15,17-20H2/q+1/t21?,24-,31?/m0/s1. The van der Waals surface area contributed by atoms with Gasteiger partial charge in [-0.05, 0) is 30.5 Å². The molecule has 1 saturated carbocycles. The third-order valence-corrected chi connectivity index (χ3v) is 8.65. The van der Waals surface area contributed by atoms with Crippen LogP contribution >= 0.6 is 0 Å². The van der Waals surface area contributed by atoms with Crippen LogP contribution in [0.4, 0.5) is 0 Å². The summed E-state index contributed by atoms with van der Waals surface area (Å²) in [4.78, 5) is 22.9. The minimum absolute atomic E-state index is 0.00330. The zero-order chi connectivity index (χ0) is 23.0. The molecule has 0 amide bonds. The number of hydrogen-bond donors (Lipinski definition) is 0. The quantitative estimate of drug-likeness (QED) is 0.299. The highest BCUT2D eigenvalue weighted by atomic mass is 16.5. The number of esters is 1. The van der Waals surface area contributed by atoms with Crippen LogP contribution < -0.4 is 0 Å². The van der Waals surface area contributed by atoms with Crippen LogP contribution in [-0.2, 0) is 21.5 Å². The van der Waals surface area contributed by atoms with E-state index in [1.165, 1.54) is 12.8 Å². The van der Waals surface area contributed by atoms with Crippen LogP contribution in [0.3, 0.4) is 0 Å². The molecule has 2 aromatic heterocycles. The molecule has 34 heavy (non-hydrogen) atoms. The molecule has 0 N–H and O–H groups in total. The molecule has 178 valence electrons. The number of carbonyl (C=O) groups is 1. The highest BCUT2D eigenvalue weighted by molar-refractivity contribution is 5.83. The molecule has 3 aromatic rings. The Morgan fingerprint density at radius 3 is 2.53 bits per heavy atom. The van der Waals surface area contributed by atoms with E-state index >= 15 is 0 Å². The predicted molar refractivity (Wildman–Crippen MR) is 129 cm³/mol. The first kappa shape index (κ1) is 21.8. The Labute approximate surface area is 200 Å². The van der Waals surface area contributed by atoms with Crippen molar-refractivity contribution in [2.45, 2.75) is 69.4 Å². The summed E-state index contributed by atoms with van der Waals surface area (Å²) in [5.74, 6) is 1.21. The number of oxazole rings is 1. The van der Waals surface area contributed by atoms with E-state index in [0.717, 1.165) is 86.2 Å². The van der Waals surface area contributed by atoms with E-state index in [2.05, 4.69) is 34.2 Å². The van der Waals surface area contributed by atoms with E-state index in [1.54, 1.807) is 6.20 Å². The van der Waals surface area contributed by atoms with Crippen molar-refractivity contribution < 1.29 is 18.4 Å². The van der Waals surface area contributed by atoms with Gasteiger partial charge in [0, 0.05) is 25.0 Å². The Morgan fingerprint density at radius 1 is 1.03 bits per heavy atom. The van der Waals surface area contributed by atoms with Crippen LogP contribution in [0, 0.1) is 5.92 Å². The van der Waals surface area contributed by atoms with Gasteiger partial charge in [-0.1, -0.05) is 56.0 Å². The molecule has 7 rings (SSSR count). The molecule has 0 radical (unpaired) electrons. The smallest absolute Gasteiger partial charge is 0.317 e. The fraction of sp³-hybridized carbons (Fsp3) is 0.536. The minimum atomic E-state index is -0.499. The van der Waals surface area contributed by atoms with Crippen molar-refractivity contribution in [1.29, 1.82) is 0 Å². The molecule has 3 aliphatic heterocycles. The van der Waals surface area contributed by atoms with Gasteiger partial charge in [0.2, 0.25) is 0 Å². The normalized spacial score (nSPS) is 28.5. The van der Waals surface area contributed by atoms with Gasteiger partial charge < -0.3 is 13.6 Å². The number of fused-ring (bicyclic) bond motifs is 4. The lowest BCUT2D eigenvalue weighted by Crippen LogP contribution is -2.64. The van der Waals surface area contributed by atoms with Crippen LogP contribution in [0.25, 0.3) is 11.2 Å². The van der Waals surface area contributed by atoms with E-state index in [4.69, 9.17) is 9.15 Å². The summed E-state index contributed by atoms with van der Waals surface area (Å²) < 4.78 is 13.4. The summed E-state index contributed by atoms with van der Waals surface area (Å²) in [6.45, 7) is 3.78. The van der Waals surface area contributed by atoms with E-state index in [-0.39, 0.29) is 12.1 Å². The van der Waals surface area contributed by atoms with Gasteiger partial charge in [-0.15, -0.1) is 0 Å². The molecule has 0 unspecified atom stereocenters. The molecule has 4 aliphatic rings. The highest BCUT2D eigenvalue weighted by Crippen LogP contribution is 2.42. The molecule has 6 heteroatoms. The molecule has 5 heterocycles. The van der Waals surface area contributed by atoms with Gasteiger partial charge in [-0.25, -0.2) is 4.98 Å². The molecule has 0 spiro atoms. The summed E-state index contributed by atoms with van der Waals surface area (Å²) in [6, 6.07) is 14.2. The fourth-order valence-electron chi connectivity index (χ4n) is 6.70. The second kappa shape index (κ2) is 8.81. The van der Waals surface area contributed by atoms with Gasteiger partial charge >= 0.3 is 5.97 Å².